The molecule has 0 radical (unpaired) electrons. The highest BCUT2D eigenvalue weighted by molar-refractivity contribution is 5.90. The molecule has 1 amide bonds. The number of amides is 1. The van der Waals surface area contributed by atoms with Gasteiger partial charge in [-0.05, 0) is 25.7 Å². The third-order valence-electron chi connectivity index (χ3n) is 3.55. The van der Waals surface area contributed by atoms with Gasteiger partial charge in [-0.3, -0.25) is 4.79 Å². The second-order valence-electron chi connectivity index (χ2n) is 4.81. The number of hydrogen-bond acceptors (Lipinski definition) is 3. The normalized spacial score (nSPS) is 24.9. The Morgan fingerprint density at radius 2 is 2.28 bits per heavy atom. The van der Waals surface area contributed by atoms with Crippen molar-refractivity contribution in [2.24, 2.45) is 5.73 Å². The summed E-state index contributed by atoms with van der Waals surface area (Å²) >= 11 is 0. The van der Waals surface area contributed by atoms with Gasteiger partial charge in [-0.15, -0.1) is 6.58 Å². The number of nitrogens with zero attached hydrogens (tertiary/aromatic N) is 1. The van der Waals surface area contributed by atoms with Crippen molar-refractivity contribution in [2.45, 2.75) is 50.6 Å². The lowest BCUT2D eigenvalue weighted by atomic mass is 9.90. The number of likely N-dealkylation sites (tertiary alicyclic amines) is 1. The fourth-order valence-corrected chi connectivity index (χ4v) is 2.68. The van der Waals surface area contributed by atoms with Gasteiger partial charge in [0.2, 0.25) is 5.91 Å². The van der Waals surface area contributed by atoms with E-state index in [4.69, 9.17) is 5.73 Å². The number of aliphatic carboxylic acids is 1. The van der Waals surface area contributed by atoms with Crippen molar-refractivity contribution in [3.8, 4) is 0 Å². The van der Waals surface area contributed by atoms with E-state index in [9.17, 15) is 14.7 Å². The number of carbonyl (C=O) groups is 2. The van der Waals surface area contributed by atoms with Crippen molar-refractivity contribution >= 4 is 11.9 Å². The van der Waals surface area contributed by atoms with Crippen LogP contribution < -0.4 is 5.73 Å². The lowest BCUT2D eigenvalue weighted by molar-refractivity contribution is -0.157. The average Bonchev–Trinajstić information content (AvgIpc) is 2.74. The zero-order valence-corrected chi connectivity index (χ0v) is 10.9. The Balaban J connectivity index is 2.94. The van der Waals surface area contributed by atoms with Crippen LogP contribution in [0.15, 0.2) is 12.7 Å². The minimum atomic E-state index is -1.05. The average molecular weight is 254 g/mol. The van der Waals surface area contributed by atoms with Gasteiger partial charge in [0.15, 0.2) is 0 Å². The van der Waals surface area contributed by atoms with Crippen LogP contribution in [0.1, 0.15) is 39.0 Å². The Morgan fingerprint density at radius 3 is 2.78 bits per heavy atom. The topological polar surface area (TPSA) is 83.6 Å². The molecule has 2 unspecified atom stereocenters. The van der Waals surface area contributed by atoms with Crippen LogP contribution in [0.3, 0.4) is 0 Å². The van der Waals surface area contributed by atoms with Gasteiger partial charge in [-0.1, -0.05) is 19.4 Å². The molecule has 0 aromatic heterocycles. The molecule has 18 heavy (non-hydrogen) atoms. The summed E-state index contributed by atoms with van der Waals surface area (Å²) in [7, 11) is 0. The van der Waals surface area contributed by atoms with E-state index < -0.39 is 17.6 Å². The summed E-state index contributed by atoms with van der Waals surface area (Å²) in [5.41, 5.74) is 4.72. The molecule has 1 fully saturated rings. The van der Waals surface area contributed by atoms with Gasteiger partial charge in [-0.25, -0.2) is 4.79 Å². The Bertz CT molecular complexity index is 343. The van der Waals surface area contributed by atoms with E-state index in [0.717, 1.165) is 12.8 Å². The molecule has 5 nitrogen and oxygen atoms in total. The van der Waals surface area contributed by atoms with Gasteiger partial charge in [-0.2, -0.15) is 0 Å². The van der Waals surface area contributed by atoms with E-state index in [1.54, 1.807) is 6.08 Å². The number of carbonyl (C=O) groups excluding carboxylic acids is 1. The highest BCUT2D eigenvalue weighted by Gasteiger charge is 2.49. The summed E-state index contributed by atoms with van der Waals surface area (Å²) in [6.07, 6.45) is 4.40. The van der Waals surface area contributed by atoms with Crippen LogP contribution in [-0.2, 0) is 9.59 Å². The number of rotatable bonds is 6. The maximum Gasteiger partial charge on any atom is 0.329 e. The van der Waals surface area contributed by atoms with Crippen LogP contribution in [0.2, 0.25) is 0 Å². The molecule has 0 aromatic rings. The van der Waals surface area contributed by atoms with Crippen LogP contribution in [-0.4, -0.2) is 40.0 Å². The van der Waals surface area contributed by atoms with Crippen LogP contribution in [0.5, 0.6) is 0 Å². The molecule has 0 aliphatic carbocycles. The van der Waals surface area contributed by atoms with Gasteiger partial charge >= 0.3 is 5.97 Å². The van der Waals surface area contributed by atoms with E-state index in [1.165, 1.54) is 4.90 Å². The number of hydrogen-bond donors (Lipinski definition) is 2. The Kier molecular flexibility index (Phi) is 4.90. The summed E-state index contributed by atoms with van der Waals surface area (Å²) in [5, 5.41) is 9.47. The summed E-state index contributed by atoms with van der Waals surface area (Å²) < 4.78 is 0. The molecule has 102 valence electrons. The van der Waals surface area contributed by atoms with Gasteiger partial charge < -0.3 is 15.7 Å². The quantitative estimate of drug-likeness (QED) is 0.696. The van der Waals surface area contributed by atoms with Crippen molar-refractivity contribution < 1.29 is 14.7 Å². The van der Waals surface area contributed by atoms with Crippen LogP contribution >= 0.6 is 0 Å². The summed E-state index contributed by atoms with van der Waals surface area (Å²) in [4.78, 5) is 25.2. The van der Waals surface area contributed by atoms with Crippen LogP contribution in [0, 0.1) is 0 Å². The summed E-state index contributed by atoms with van der Waals surface area (Å²) in [5.74, 6) is -1.19. The minimum absolute atomic E-state index is 0.275. The molecule has 0 saturated carbocycles. The lowest BCUT2D eigenvalue weighted by Gasteiger charge is -2.36. The van der Waals surface area contributed by atoms with E-state index >= 15 is 0 Å². The fourth-order valence-electron chi connectivity index (χ4n) is 2.68. The Morgan fingerprint density at radius 1 is 1.61 bits per heavy atom. The fraction of sp³-hybridized carbons (Fsp3) is 0.692. The first-order valence-electron chi connectivity index (χ1n) is 6.41. The number of carboxylic acid groups (broad SMARTS) is 1. The third-order valence-corrected chi connectivity index (χ3v) is 3.55. The first-order valence-corrected chi connectivity index (χ1v) is 6.41. The maximum absolute atomic E-state index is 12.2. The predicted octanol–water partition coefficient (Wildman–Crippen LogP) is 1.14. The third kappa shape index (κ3) is 2.56. The van der Waals surface area contributed by atoms with Gasteiger partial charge in [0.05, 0.1) is 6.04 Å². The summed E-state index contributed by atoms with van der Waals surface area (Å²) in [6, 6.07) is -0.684. The molecule has 1 aliphatic rings. The first-order chi connectivity index (χ1) is 8.49. The minimum Gasteiger partial charge on any atom is -0.479 e. The number of carboxylic acids is 1. The second kappa shape index (κ2) is 6.00. The van der Waals surface area contributed by atoms with Crippen LogP contribution in [0.4, 0.5) is 0 Å². The smallest absolute Gasteiger partial charge is 0.329 e. The second-order valence-corrected chi connectivity index (χ2v) is 4.81. The van der Waals surface area contributed by atoms with Crippen molar-refractivity contribution in [3.05, 3.63) is 12.7 Å². The maximum atomic E-state index is 12.2. The van der Waals surface area contributed by atoms with E-state index in [-0.39, 0.29) is 5.91 Å². The molecule has 3 N–H and O–H groups in total. The predicted molar refractivity (Wildman–Crippen MR) is 69.0 cm³/mol. The Hall–Kier alpha value is -1.36. The molecule has 2 atom stereocenters. The molecular weight excluding hydrogens is 232 g/mol. The van der Waals surface area contributed by atoms with E-state index in [1.807, 2.05) is 6.92 Å². The highest BCUT2D eigenvalue weighted by atomic mass is 16.4. The first kappa shape index (κ1) is 14.7. The molecule has 5 heteroatoms. The molecule has 1 rings (SSSR count). The van der Waals surface area contributed by atoms with E-state index in [0.29, 0.717) is 25.8 Å². The molecule has 1 saturated heterocycles. The molecule has 0 spiro atoms. The monoisotopic (exact) mass is 254 g/mol. The molecule has 0 aromatic carbocycles. The highest BCUT2D eigenvalue weighted by Crippen LogP contribution is 2.34. The largest absolute Gasteiger partial charge is 0.479 e. The van der Waals surface area contributed by atoms with Crippen molar-refractivity contribution in [1.82, 2.24) is 4.90 Å². The van der Waals surface area contributed by atoms with Gasteiger partial charge in [0, 0.05) is 6.54 Å². The molecule has 1 heterocycles. The standard InChI is InChI=1S/C13H22N2O3/c1-3-6-10(14)11(16)15-9-5-8-13(15,7-4-2)12(17)18/h3,10H,1,4-9,14H2,2H3,(H,17,18). The molecular formula is C13H22N2O3. The summed E-state index contributed by atoms with van der Waals surface area (Å²) in [6.45, 7) is 5.96. The molecule has 1 aliphatic heterocycles. The van der Waals surface area contributed by atoms with Crippen molar-refractivity contribution in [2.75, 3.05) is 6.54 Å². The SMILES string of the molecule is C=CCC(N)C(=O)N1CCCC1(CCC)C(=O)O. The van der Waals surface area contributed by atoms with Gasteiger partial charge in [0.1, 0.15) is 5.54 Å². The van der Waals surface area contributed by atoms with Crippen molar-refractivity contribution in [3.63, 3.8) is 0 Å². The zero-order chi connectivity index (χ0) is 13.8. The molecule has 0 bridgehead atoms. The lowest BCUT2D eigenvalue weighted by Crippen LogP contribution is -2.57. The number of nitrogens with two attached hydrogens (primary N) is 1. The van der Waals surface area contributed by atoms with Gasteiger partial charge in [0.25, 0.3) is 0 Å². The van der Waals surface area contributed by atoms with E-state index in [2.05, 4.69) is 6.58 Å². The Labute approximate surface area is 108 Å². The van der Waals surface area contributed by atoms with Crippen molar-refractivity contribution in [1.29, 1.82) is 0 Å². The van der Waals surface area contributed by atoms with Crippen LogP contribution in [0.25, 0.3) is 0 Å². The zero-order valence-electron chi connectivity index (χ0n) is 10.9.